The van der Waals surface area contributed by atoms with Crippen LogP contribution in [0.5, 0.6) is 0 Å². The summed E-state index contributed by atoms with van der Waals surface area (Å²) in [6.07, 6.45) is 2.93. The molecule has 0 aromatic carbocycles. The van der Waals surface area contributed by atoms with Crippen LogP contribution in [0.1, 0.15) is 6.42 Å². The summed E-state index contributed by atoms with van der Waals surface area (Å²) in [6.45, 7) is 1.45. The van der Waals surface area contributed by atoms with Crippen LogP contribution in [-0.2, 0) is 11.3 Å². The molecule has 78 valence electrons. The van der Waals surface area contributed by atoms with Gasteiger partial charge in [-0.15, -0.1) is 5.10 Å². The van der Waals surface area contributed by atoms with E-state index in [0.29, 0.717) is 18.3 Å². The van der Waals surface area contributed by atoms with Gasteiger partial charge in [0.05, 0.1) is 12.7 Å². The summed E-state index contributed by atoms with van der Waals surface area (Å²) in [4.78, 5) is 11.8. The van der Waals surface area contributed by atoms with E-state index in [0.717, 1.165) is 13.0 Å². The second-order valence-electron chi connectivity index (χ2n) is 3.68. The van der Waals surface area contributed by atoms with E-state index in [-0.39, 0.29) is 5.69 Å². The number of aryl methyl sites for hydroxylation is 1. The molecule has 3 rings (SSSR count). The maximum atomic E-state index is 11.8. The van der Waals surface area contributed by atoms with Crippen molar-refractivity contribution in [3.8, 4) is 0 Å². The number of pyridine rings is 1. The maximum Gasteiger partial charge on any atom is 0.350 e. The minimum Gasteiger partial charge on any atom is -0.373 e. The van der Waals surface area contributed by atoms with Gasteiger partial charge < -0.3 is 4.74 Å². The Kier molecular flexibility index (Phi) is 1.85. The Bertz CT molecular complexity index is 539. The van der Waals surface area contributed by atoms with E-state index in [9.17, 15) is 4.79 Å². The number of hydrogen-bond acceptors (Lipinski definition) is 3. The van der Waals surface area contributed by atoms with Crippen LogP contribution < -0.4 is 5.69 Å². The molecule has 5 nitrogen and oxygen atoms in total. The van der Waals surface area contributed by atoms with Crippen LogP contribution in [0.2, 0.25) is 0 Å². The first-order valence-corrected chi connectivity index (χ1v) is 5.00. The van der Waals surface area contributed by atoms with E-state index < -0.39 is 0 Å². The van der Waals surface area contributed by atoms with E-state index in [1.165, 1.54) is 4.68 Å². The molecule has 1 atom stereocenters. The first-order valence-electron chi connectivity index (χ1n) is 5.00. The molecule has 0 saturated carbocycles. The lowest BCUT2D eigenvalue weighted by Gasteiger charge is -1.94. The number of ether oxygens (including phenoxy) is 1. The molecule has 1 fully saturated rings. The van der Waals surface area contributed by atoms with Crippen LogP contribution in [0, 0.1) is 0 Å². The lowest BCUT2D eigenvalue weighted by atomic mass is 10.3. The second kappa shape index (κ2) is 3.20. The molecule has 0 bridgehead atoms. The Morgan fingerprint density at radius 3 is 3.13 bits per heavy atom. The van der Waals surface area contributed by atoms with E-state index >= 15 is 0 Å². The first kappa shape index (κ1) is 8.67. The van der Waals surface area contributed by atoms with Gasteiger partial charge >= 0.3 is 5.69 Å². The van der Waals surface area contributed by atoms with Crippen LogP contribution in [0.3, 0.4) is 0 Å². The molecular weight excluding hydrogens is 194 g/mol. The Labute approximate surface area is 85.9 Å². The van der Waals surface area contributed by atoms with Gasteiger partial charge in [-0.25, -0.2) is 9.48 Å². The highest BCUT2D eigenvalue weighted by Gasteiger charge is 2.22. The Hall–Kier alpha value is -1.62. The van der Waals surface area contributed by atoms with Crippen LogP contribution >= 0.6 is 0 Å². The molecule has 0 amide bonds. The lowest BCUT2D eigenvalue weighted by Crippen LogP contribution is -2.21. The average Bonchev–Trinajstić information content (AvgIpc) is 3.03. The Balaban J connectivity index is 1.95. The summed E-state index contributed by atoms with van der Waals surface area (Å²) in [7, 11) is 0. The number of hydrogen-bond donors (Lipinski definition) is 0. The summed E-state index contributed by atoms with van der Waals surface area (Å²) in [5.41, 5.74) is 0.616. The third-order valence-electron chi connectivity index (χ3n) is 2.55. The molecule has 0 N–H and O–H groups in total. The quantitative estimate of drug-likeness (QED) is 0.676. The fourth-order valence-corrected chi connectivity index (χ4v) is 1.61. The average molecular weight is 205 g/mol. The molecule has 1 aliphatic rings. The van der Waals surface area contributed by atoms with Crippen molar-refractivity contribution in [2.45, 2.75) is 19.1 Å². The second-order valence-corrected chi connectivity index (χ2v) is 3.68. The van der Waals surface area contributed by atoms with Gasteiger partial charge in [0.15, 0.2) is 5.65 Å². The van der Waals surface area contributed by atoms with Crippen molar-refractivity contribution in [2.75, 3.05) is 6.61 Å². The highest BCUT2D eigenvalue weighted by Crippen LogP contribution is 2.13. The molecule has 1 aliphatic heterocycles. The lowest BCUT2D eigenvalue weighted by molar-refractivity contribution is 0.378. The molecular formula is C10H11N3O2. The molecule has 2 aromatic heterocycles. The predicted molar refractivity (Wildman–Crippen MR) is 53.8 cm³/mol. The van der Waals surface area contributed by atoms with Crippen LogP contribution in [-0.4, -0.2) is 26.9 Å². The van der Waals surface area contributed by atoms with Gasteiger partial charge in [0.1, 0.15) is 0 Å². The van der Waals surface area contributed by atoms with Crippen LogP contribution in [0.15, 0.2) is 29.2 Å². The van der Waals surface area contributed by atoms with Gasteiger partial charge in [-0.1, -0.05) is 6.07 Å². The molecule has 1 saturated heterocycles. The van der Waals surface area contributed by atoms with E-state index in [1.807, 2.05) is 18.2 Å². The van der Waals surface area contributed by atoms with Crippen molar-refractivity contribution in [3.05, 3.63) is 34.9 Å². The van der Waals surface area contributed by atoms with Gasteiger partial charge in [-0.2, -0.15) is 0 Å². The molecule has 15 heavy (non-hydrogen) atoms. The van der Waals surface area contributed by atoms with Gasteiger partial charge in [0.2, 0.25) is 0 Å². The zero-order chi connectivity index (χ0) is 10.3. The predicted octanol–water partition coefficient (Wildman–Crippen LogP) is 0.285. The fourth-order valence-electron chi connectivity index (χ4n) is 1.61. The van der Waals surface area contributed by atoms with E-state index in [2.05, 4.69) is 5.10 Å². The van der Waals surface area contributed by atoms with Crippen molar-refractivity contribution in [2.24, 2.45) is 0 Å². The summed E-state index contributed by atoms with van der Waals surface area (Å²) < 4.78 is 8.14. The number of epoxide rings is 1. The van der Waals surface area contributed by atoms with Crippen LogP contribution in [0.4, 0.5) is 0 Å². The molecule has 0 radical (unpaired) electrons. The summed E-state index contributed by atoms with van der Waals surface area (Å²) >= 11 is 0. The Morgan fingerprint density at radius 1 is 1.53 bits per heavy atom. The number of rotatable bonds is 3. The molecule has 0 aliphatic carbocycles. The Morgan fingerprint density at radius 2 is 2.40 bits per heavy atom. The third-order valence-corrected chi connectivity index (χ3v) is 2.55. The summed E-state index contributed by atoms with van der Waals surface area (Å²) in [6, 6.07) is 5.52. The van der Waals surface area contributed by atoms with Gasteiger partial charge in [0, 0.05) is 12.7 Å². The normalized spacial score (nSPS) is 19.6. The van der Waals surface area contributed by atoms with Crippen molar-refractivity contribution >= 4 is 5.65 Å². The van der Waals surface area contributed by atoms with Crippen molar-refractivity contribution in [1.82, 2.24) is 14.2 Å². The van der Waals surface area contributed by atoms with E-state index in [4.69, 9.17) is 4.74 Å². The van der Waals surface area contributed by atoms with Gasteiger partial charge in [-0.3, -0.25) is 4.40 Å². The van der Waals surface area contributed by atoms with Crippen molar-refractivity contribution in [3.63, 3.8) is 0 Å². The first-order chi connectivity index (χ1) is 7.34. The molecule has 5 heteroatoms. The van der Waals surface area contributed by atoms with Gasteiger partial charge in [0.25, 0.3) is 0 Å². The maximum absolute atomic E-state index is 11.8. The van der Waals surface area contributed by atoms with Crippen LogP contribution in [0.25, 0.3) is 5.65 Å². The summed E-state index contributed by atoms with van der Waals surface area (Å²) in [5, 5.41) is 4.22. The number of nitrogens with zero attached hydrogens (tertiary/aromatic N) is 3. The smallest absolute Gasteiger partial charge is 0.350 e. The molecule has 0 spiro atoms. The zero-order valence-corrected chi connectivity index (χ0v) is 8.17. The fraction of sp³-hybridized carbons (Fsp3) is 0.400. The topological polar surface area (TPSA) is 51.8 Å². The van der Waals surface area contributed by atoms with E-state index in [1.54, 1.807) is 10.6 Å². The van der Waals surface area contributed by atoms with Crippen molar-refractivity contribution < 1.29 is 4.74 Å². The van der Waals surface area contributed by atoms with Gasteiger partial charge in [-0.05, 0) is 18.6 Å². The minimum absolute atomic E-state index is 0.0775. The summed E-state index contributed by atoms with van der Waals surface area (Å²) in [5.74, 6) is 0. The zero-order valence-electron chi connectivity index (χ0n) is 8.17. The SMILES string of the molecule is O=c1n(CCC2CO2)nc2ccccn12. The largest absolute Gasteiger partial charge is 0.373 e. The monoisotopic (exact) mass is 205 g/mol. The number of fused-ring (bicyclic) bond motifs is 1. The number of aromatic nitrogens is 3. The standard InChI is InChI=1S/C10H11N3O2/c14-10-12-5-2-1-3-9(12)11-13(10)6-4-8-7-15-8/h1-3,5,8H,4,6-7H2. The molecule has 3 heterocycles. The highest BCUT2D eigenvalue weighted by atomic mass is 16.6. The van der Waals surface area contributed by atoms with Crippen molar-refractivity contribution in [1.29, 1.82) is 0 Å². The third kappa shape index (κ3) is 1.55. The minimum atomic E-state index is -0.0775. The molecule has 1 unspecified atom stereocenters. The molecule has 2 aromatic rings. The highest BCUT2D eigenvalue weighted by molar-refractivity contribution is 5.35.